The Labute approximate surface area is 104 Å². The number of hydrogen-bond donors (Lipinski definition) is 2. The van der Waals surface area contributed by atoms with E-state index in [0.717, 1.165) is 0 Å². The van der Waals surface area contributed by atoms with Crippen LogP contribution in [0.15, 0.2) is 24.3 Å². The van der Waals surface area contributed by atoms with Crippen molar-refractivity contribution < 1.29 is 19.4 Å². The predicted molar refractivity (Wildman–Crippen MR) is 64.1 cm³/mol. The molecule has 1 fully saturated rings. The fourth-order valence-corrected chi connectivity index (χ4v) is 1.89. The number of amides is 1. The van der Waals surface area contributed by atoms with Crippen LogP contribution in [0.2, 0.25) is 0 Å². The largest absolute Gasteiger partial charge is 0.480 e. The Balaban J connectivity index is 2.23. The quantitative estimate of drug-likeness (QED) is 0.731. The number of nitrogens with zero attached hydrogens (tertiary/aromatic N) is 1. The molecule has 0 bridgehead atoms. The van der Waals surface area contributed by atoms with Gasteiger partial charge in [-0.15, -0.1) is 0 Å². The third-order valence-electron chi connectivity index (χ3n) is 2.81. The fourth-order valence-electron chi connectivity index (χ4n) is 1.89. The van der Waals surface area contributed by atoms with E-state index >= 15 is 0 Å². The number of aliphatic carboxylic acids is 1. The molecule has 0 spiro atoms. The van der Waals surface area contributed by atoms with E-state index in [1.54, 1.807) is 18.2 Å². The molecule has 6 nitrogen and oxygen atoms in total. The molecule has 3 N–H and O–H groups in total. The zero-order chi connectivity index (χ0) is 13.1. The molecule has 1 aromatic rings. The molecule has 6 heteroatoms. The zero-order valence-electron chi connectivity index (χ0n) is 9.70. The molecule has 1 aromatic carbocycles. The molecule has 1 aliphatic heterocycles. The maximum Gasteiger partial charge on any atom is 0.328 e. The van der Waals surface area contributed by atoms with E-state index in [2.05, 4.69) is 0 Å². The Bertz CT molecular complexity index is 475. The van der Waals surface area contributed by atoms with E-state index in [0.29, 0.717) is 17.9 Å². The number of ether oxygens (including phenoxy) is 1. The van der Waals surface area contributed by atoms with Crippen LogP contribution in [0.4, 0.5) is 5.69 Å². The van der Waals surface area contributed by atoms with Crippen molar-refractivity contribution >= 4 is 17.6 Å². The molecule has 1 aliphatic rings. The van der Waals surface area contributed by atoms with Crippen molar-refractivity contribution in [2.45, 2.75) is 6.04 Å². The van der Waals surface area contributed by atoms with E-state index in [-0.39, 0.29) is 19.1 Å². The number of carboxylic acid groups (broad SMARTS) is 1. The van der Waals surface area contributed by atoms with Crippen LogP contribution in [0.25, 0.3) is 0 Å². The molecule has 0 aromatic heterocycles. The lowest BCUT2D eigenvalue weighted by Crippen LogP contribution is -2.52. The first-order chi connectivity index (χ1) is 8.59. The summed E-state index contributed by atoms with van der Waals surface area (Å²) in [4.78, 5) is 24.6. The first-order valence-corrected chi connectivity index (χ1v) is 5.56. The third-order valence-corrected chi connectivity index (χ3v) is 2.81. The summed E-state index contributed by atoms with van der Waals surface area (Å²) < 4.78 is 5.08. The van der Waals surface area contributed by atoms with Gasteiger partial charge in [0, 0.05) is 17.8 Å². The Morgan fingerprint density at radius 2 is 2.22 bits per heavy atom. The van der Waals surface area contributed by atoms with Crippen molar-refractivity contribution in [3.8, 4) is 0 Å². The number of hydrogen-bond acceptors (Lipinski definition) is 4. The lowest BCUT2D eigenvalue weighted by molar-refractivity contribution is -0.147. The molecule has 1 unspecified atom stereocenters. The second kappa shape index (κ2) is 5.05. The summed E-state index contributed by atoms with van der Waals surface area (Å²) in [5, 5.41) is 9.06. The molecule has 1 atom stereocenters. The molecule has 96 valence electrons. The molecule has 0 radical (unpaired) electrons. The van der Waals surface area contributed by atoms with E-state index in [1.165, 1.54) is 11.0 Å². The van der Waals surface area contributed by atoms with E-state index in [4.69, 9.17) is 15.6 Å². The van der Waals surface area contributed by atoms with Crippen molar-refractivity contribution in [3.05, 3.63) is 29.8 Å². The Hall–Kier alpha value is -2.08. The van der Waals surface area contributed by atoms with Crippen LogP contribution in [0.5, 0.6) is 0 Å². The summed E-state index contributed by atoms with van der Waals surface area (Å²) >= 11 is 0. The minimum Gasteiger partial charge on any atom is -0.480 e. The highest BCUT2D eigenvalue weighted by Gasteiger charge is 2.33. The number of carbonyl (C=O) groups is 2. The van der Waals surface area contributed by atoms with Crippen LogP contribution in [-0.4, -0.2) is 47.7 Å². The van der Waals surface area contributed by atoms with E-state index in [1.807, 2.05) is 0 Å². The lowest BCUT2D eigenvalue weighted by Gasteiger charge is -2.32. The fraction of sp³-hybridized carbons (Fsp3) is 0.333. The molecular formula is C12H14N2O4. The van der Waals surface area contributed by atoms with Gasteiger partial charge in [-0.1, -0.05) is 6.07 Å². The summed E-state index contributed by atoms with van der Waals surface area (Å²) in [5.74, 6) is -1.40. The molecule has 18 heavy (non-hydrogen) atoms. The number of nitrogens with two attached hydrogens (primary N) is 1. The Morgan fingerprint density at radius 1 is 1.44 bits per heavy atom. The van der Waals surface area contributed by atoms with Crippen molar-refractivity contribution in [1.82, 2.24) is 4.90 Å². The molecular weight excluding hydrogens is 236 g/mol. The van der Waals surface area contributed by atoms with Crippen LogP contribution < -0.4 is 5.73 Å². The van der Waals surface area contributed by atoms with Gasteiger partial charge in [0.1, 0.15) is 0 Å². The van der Waals surface area contributed by atoms with Gasteiger partial charge in [-0.3, -0.25) is 4.79 Å². The standard InChI is InChI=1S/C12H14N2O4/c13-9-3-1-2-8(6-9)11(15)14-4-5-18-7-10(14)12(16)17/h1-3,6,10H,4-5,7,13H2,(H,16,17). The summed E-state index contributed by atoms with van der Waals surface area (Å²) in [6.45, 7) is 0.631. The van der Waals surface area contributed by atoms with Gasteiger partial charge in [-0.05, 0) is 18.2 Å². The second-order valence-corrected chi connectivity index (χ2v) is 4.05. The van der Waals surface area contributed by atoms with Crippen molar-refractivity contribution in [1.29, 1.82) is 0 Å². The van der Waals surface area contributed by atoms with Crippen LogP contribution in [0.3, 0.4) is 0 Å². The predicted octanol–water partition coefficient (Wildman–Crippen LogP) is 0.194. The zero-order valence-corrected chi connectivity index (χ0v) is 9.70. The van der Waals surface area contributed by atoms with Crippen molar-refractivity contribution in [3.63, 3.8) is 0 Å². The second-order valence-electron chi connectivity index (χ2n) is 4.05. The molecule has 1 saturated heterocycles. The normalized spacial score (nSPS) is 19.6. The first-order valence-electron chi connectivity index (χ1n) is 5.56. The Morgan fingerprint density at radius 3 is 2.89 bits per heavy atom. The number of carbonyl (C=O) groups excluding carboxylic acids is 1. The molecule has 2 rings (SSSR count). The number of morpholine rings is 1. The molecule has 1 amide bonds. The van der Waals surface area contributed by atoms with Gasteiger partial charge in [0.05, 0.1) is 13.2 Å². The number of anilines is 1. The molecule has 0 saturated carbocycles. The van der Waals surface area contributed by atoms with E-state index < -0.39 is 12.0 Å². The number of rotatable bonds is 2. The first kappa shape index (κ1) is 12.4. The van der Waals surface area contributed by atoms with Crippen LogP contribution in [0, 0.1) is 0 Å². The van der Waals surface area contributed by atoms with Gasteiger partial charge in [0.15, 0.2) is 6.04 Å². The highest BCUT2D eigenvalue weighted by molar-refractivity contribution is 5.97. The van der Waals surface area contributed by atoms with Gasteiger partial charge < -0.3 is 20.5 Å². The molecule has 1 heterocycles. The van der Waals surface area contributed by atoms with Crippen molar-refractivity contribution in [2.24, 2.45) is 0 Å². The van der Waals surface area contributed by atoms with Gasteiger partial charge in [0.25, 0.3) is 5.91 Å². The van der Waals surface area contributed by atoms with Crippen LogP contribution >= 0.6 is 0 Å². The van der Waals surface area contributed by atoms with E-state index in [9.17, 15) is 9.59 Å². The summed E-state index contributed by atoms with van der Waals surface area (Å²) in [7, 11) is 0. The summed E-state index contributed by atoms with van der Waals surface area (Å²) in [6.07, 6.45) is 0. The van der Waals surface area contributed by atoms with Gasteiger partial charge in [-0.25, -0.2) is 4.79 Å². The molecule has 0 aliphatic carbocycles. The summed E-state index contributed by atoms with van der Waals surface area (Å²) in [6, 6.07) is 5.56. The number of benzene rings is 1. The maximum absolute atomic E-state index is 12.2. The number of nitrogen functional groups attached to an aromatic ring is 1. The highest BCUT2D eigenvalue weighted by atomic mass is 16.5. The van der Waals surface area contributed by atoms with Crippen LogP contribution in [-0.2, 0) is 9.53 Å². The minimum absolute atomic E-state index is 0.0173. The summed E-state index contributed by atoms with van der Waals surface area (Å²) in [5.41, 5.74) is 6.47. The SMILES string of the molecule is Nc1cccc(C(=O)N2CCOCC2C(=O)O)c1. The number of carboxylic acids is 1. The minimum atomic E-state index is -1.06. The van der Waals surface area contributed by atoms with Gasteiger partial charge >= 0.3 is 5.97 Å². The topological polar surface area (TPSA) is 92.9 Å². The van der Waals surface area contributed by atoms with Crippen LogP contribution in [0.1, 0.15) is 10.4 Å². The average molecular weight is 250 g/mol. The smallest absolute Gasteiger partial charge is 0.328 e. The average Bonchev–Trinajstić information content (AvgIpc) is 2.38. The van der Waals surface area contributed by atoms with Gasteiger partial charge in [-0.2, -0.15) is 0 Å². The van der Waals surface area contributed by atoms with Crippen molar-refractivity contribution in [2.75, 3.05) is 25.5 Å². The van der Waals surface area contributed by atoms with Gasteiger partial charge in [0.2, 0.25) is 0 Å². The lowest BCUT2D eigenvalue weighted by atomic mass is 10.1. The monoisotopic (exact) mass is 250 g/mol. The highest BCUT2D eigenvalue weighted by Crippen LogP contribution is 2.14. The third kappa shape index (κ3) is 2.43. The Kier molecular flexibility index (Phi) is 3.47. The maximum atomic E-state index is 12.2.